The Morgan fingerprint density at radius 3 is 2.67 bits per heavy atom. The summed E-state index contributed by atoms with van der Waals surface area (Å²) in [5.41, 5.74) is 0. The van der Waals surface area contributed by atoms with Crippen molar-refractivity contribution in [3.05, 3.63) is 0 Å². The number of nitrogens with one attached hydrogen (secondary N) is 1. The van der Waals surface area contributed by atoms with Gasteiger partial charge in [0, 0.05) is 37.2 Å². The minimum absolute atomic E-state index is 0. The lowest BCUT2D eigenvalue weighted by Crippen LogP contribution is -2.48. The van der Waals surface area contributed by atoms with Crippen LogP contribution < -0.4 is 5.32 Å². The fourth-order valence-electron chi connectivity index (χ4n) is 2.73. The molecule has 3 nitrogen and oxygen atoms in total. The Bertz CT molecular complexity index is 309. The lowest BCUT2D eigenvalue weighted by molar-refractivity contribution is 0.404. The Balaban J connectivity index is 0.00000220. The molecule has 1 unspecified atom stereocenters. The summed E-state index contributed by atoms with van der Waals surface area (Å²) >= 11 is 4.22. The monoisotopic (exact) mass is 443 g/mol. The largest absolute Gasteiger partial charge is 0.357 e. The molecule has 1 N–H and O–H groups in total. The van der Waals surface area contributed by atoms with Gasteiger partial charge < -0.3 is 10.2 Å². The van der Waals surface area contributed by atoms with Crippen LogP contribution >= 0.6 is 47.5 Å². The summed E-state index contributed by atoms with van der Waals surface area (Å²) in [5, 5.41) is 4.27. The number of hydrogen-bond donors (Lipinski definition) is 1. The topological polar surface area (TPSA) is 27.6 Å². The van der Waals surface area contributed by atoms with Crippen molar-refractivity contribution in [2.75, 3.05) is 43.4 Å². The Kier molecular flexibility index (Phi) is 10.6. The highest BCUT2D eigenvalue weighted by Crippen LogP contribution is 2.24. The zero-order valence-electron chi connectivity index (χ0n) is 13.3. The number of thioether (sulfide) groups is 2. The Labute approximate surface area is 155 Å². The summed E-state index contributed by atoms with van der Waals surface area (Å²) in [6.45, 7) is 8.76. The Morgan fingerprint density at radius 2 is 2.00 bits per heavy atom. The van der Waals surface area contributed by atoms with Gasteiger partial charge in [0.25, 0.3) is 0 Å². The number of halogens is 1. The number of hydrogen-bond acceptors (Lipinski definition) is 3. The summed E-state index contributed by atoms with van der Waals surface area (Å²) < 4.78 is 0. The minimum atomic E-state index is 0. The van der Waals surface area contributed by atoms with Crippen LogP contribution in [0.5, 0.6) is 0 Å². The first kappa shape index (κ1) is 19.7. The van der Waals surface area contributed by atoms with Crippen LogP contribution in [-0.4, -0.2) is 59.5 Å². The van der Waals surface area contributed by atoms with Crippen LogP contribution in [0.4, 0.5) is 0 Å². The maximum atomic E-state index is 4.94. The highest BCUT2D eigenvalue weighted by molar-refractivity contribution is 14.0. The molecule has 0 aromatic heterocycles. The van der Waals surface area contributed by atoms with E-state index in [9.17, 15) is 0 Å². The van der Waals surface area contributed by atoms with Gasteiger partial charge in [-0.05, 0) is 43.6 Å². The number of nitrogens with zero attached hydrogens (tertiary/aromatic N) is 2. The highest BCUT2D eigenvalue weighted by atomic mass is 127. The van der Waals surface area contributed by atoms with Crippen molar-refractivity contribution < 1.29 is 0 Å². The predicted molar refractivity (Wildman–Crippen MR) is 110 cm³/mol. The Hall–Kier alpha value is 0.700. The number of aliphatic imine (C=N–C) groups is 1. The molecule has 0 bridgehead atoms. The fraction of sp³-hybridized carbons (Fsp3) is 0.933. The van der Waals surface area contributed by atoms with Gasteiger partial charge >= 0.3 is 0 Å². The van der Waals surface area contributed by atoms with Crippen LogP contribution in [0.1, 0.15) is 33.1 Å². The van der Waals surface area contributed by atoms with Gasteiger partial charge in [0.15, 0.2) is 5.96 Å². The number of guanidine groups is 1. The molecular formula is C15H30IN3S2. The van der Waals surface area contributed by atoms with E-state index in [0.29, 0.717) is 0 Å². The Morgan fingerprint density at radius 1 is 1.24 bits per heavy atom. The summed E-state index contributed by atoms with van der Waals surface area (Å²) in [7, 11) is 0. The van der Waals surface area contributed by atoms with Crippen molar-refractivity contribution in [3.8, 4) is 0 Å². The zero-order valence-corrected chi connectivity index (χ0v) is 17.3. The maximum absolute atomic E-state index is 4.94. The van der Waals surface area contributed by atoms with E-state index in [4.69, 9.17) is 4.99 Å². The van der Waals surface area contributed by atoms with Crippen molar-refractivity contribution >= 4 is 53.5 Å². The van der Waals surface area contributed by atoms with E-state index < -0.39 is 0 Å². The number of rotatable bonds is 4. The van der Waals surface area contributed by atoms with Crippen LogP contribution in [0, 0.1) is 5.92 Å². The van der Waals surface area contributed by atoms with Crippen LogP contribution in [0.2, 0.25) is 0 Å². The summed E-state index contributed by atoms with van der Waals surface area (Å²) in [6.07, 6.45) is 3.96. The SMILES string of the molecule is CCNC(=NCC1CCSCC1)N1CCSC(CC)C1.I. The lowest BCUT2D eigenvalue weighted by Gasteiger charge is -2.34. The van der Waals surface area contributed by atoms with E-state index in [1.54, 1.807) is 0 Å². The third kappa shape index (κ3) is 6.77. The van der Waals surface area contributed by atoms with Crippen molar-refractivity contribution in [2.24, 2.45) is 10.9 Å². The van der Waals surface area contributed by atoms with Gasteiger partial charge in [0.1, 0.15) is 0 Å². The van der Waals surface area contributed by atoms with E-state index >= 15 is 0 Å². The quantitative estimate of drug-likeness (QED) is 0.409. The zero-order chi connectivity index (χ0) is 14.2. The molecule has 0 aliphatic carbocycles. The fourth-order valence-corrected chi connectivity index (χ4v) is 5.11. The average Bonchev–Trinajstić information content (AvgIpc) is 2.52. The van der Waals surface area contributed by atoms with Gasteiger partial charge in [-0.2, -0.15) is 23.5 Å². The second-order valence-corrected chi connectivity index (χ2v) is 8.23. The molecule has 0 aromatic carbocycles. The van der Waals surface area contributed by atoms with Crippen molar-refractivity contribution in [2.45, 2.75) is 38.4 Å². The predicted octanol–water partition coefficient (Wildman–Crippen LogP) is 3.54. The first-order chi connectivity index (χ1) is 9.83. The normalized spacial score (nSPS) is 24.6. The molecular weight excluding hydrogens is 413 g/mol. The van der Waals surface area contributed by atoms with Crippen LogP contribution in [-0.2, 0) is 0 Å². The van der Waals surface area contributed by atoms with Gasteiger partial charge in [-0.3, -0.25) is 4.99 Å². The van der Waals surface area contributed by atoms with E-state index in [1.807, 2.05) is 0 Å². The van der Waals surface area contributed by atoms with Crippen LogP contribution in [0.25, 0.3) is 0 Å². The molecule has 0 aromatic rings. The van der Waals surface area contributed by atoms with E-state index in [-0.39, 0.29) is 24.0 Å². The van der Waals surface area contributed by atoms with Crippen LogP contribution in [0.15, 0.2) is 4.99 Å². The van der Waals surface area contributed by atoms with Gasteiger partial charge in [-0.15, -0.1) is 24.0 Å². The maximum Gasteiger partial charge on any atom is 0.193 e. The molecule has 0 amide bonds. The molecule has 6 heteroatoms. The smallest absolute Gasteiger partial charge is 0.193 e. The average molecular weight is 443 g/mol. The summed E-state index contributed by atoms with van der Waals surface area (Å²) in [4.78, 5) is 7.42. The van der Waals surface area contributed by atoms with Crippen molar-refractivity contribution in [1.29, 1.82) is 0 Å². The van der Waals surface area contributed by atoms with Gasteiger partial charge in [0.2, 0.25) is 0 Å². The minimum Gasteiger partial charge on any atom is -0.357 e. The lowest BCUT2D eigenvalue weighted by atomic mass is 10.0. The molecule has 124 valence electrons. The van der Waals surface area contributed by atoms with Gasteiger partial charge in [-0.1, -0.05) is 6.92 Å². The molecule has 2 aliphatic rings. The van der Waals surface area contributed by atoms with E-state index in [1.165, 1.54) is 36.5 Å². The molecule has 21 heavy (non-hydrogen) atoms. The second-order valence-electron chi connectivity index (χ2n) is 5.60. The van der Waals surface area contributed by atoms with Crippen LogP contribution in [0.3, 0.4) is 0 Å². The van der Waals surface area contributed by atoms with E-state index in [2.05, 4.69) is 47.6 Å². The molecule has 2 saturated heterocycles. The first-order valence-corrected chi connectivity index (χ1v) is 10.3. The first-order valence-electron chi connectivity index (χ1n) is 8.06. The molecule has 1 atom stereocenters. The molecule has 0 radical (unpaired) electrons. The van der Waals surface area contributed by atoms with Gasteiger partial charge in [0.05, 0.1) is 0 Å². The molecule has 2 aliphatic heterocycles. The molecule has 2 rings (SSSR count). The third-order valence-electron chi connectivity index (χ3n) is 4.07. The molecule has 0 spiro atoms. The van der Waals surface area contributed by atoms with Crippen molar-refractivity contribution in [1.82, 2.24) is 10.2 Å². The third-order valence-corrected chi connectivity index (χ3v) is 6.49. The molecule has 2 fully saturated rings. The van der Waals surface area contributed by atoms with Crippen molar-refractivity contribution in [3.63, 3.8) is 0 Å². The summed E-state index contributed by atoms with van der Waals surface area (Å²) in [5.74, 6) is 5.86. The standard InChI is InChI=1S/C15H29N3S2.HI/c1-3-14-12-18(7-10-20-14)15(16-4-2)17-11-13-5-8-19-9-6-13;/h13-14H,3-12H2,1-2H3,(H,16,17);1H. The summed E-state index contributed by atoms with van der Waals surface area (Å²) in [6, 6.07) is 0. The van der Waals surface area contributed by atoms with Gasteiger partial charge in [-0.25, -0.2) is 0 Å². The second kappa shape index (κ2) is 11.3. The molecule has 0 saturated carbocycles. The molecule has 2 heterocycles. The van der Waals surface area contributed by atoms with E-state index in [0.717, 1.165) is 43.3 Å². The highest BCUT2D eigenvalue weighted by Gasteiger charge is 2.22.